The molecule has 0 aliphatic carbocycles. The van der Waals surface area contributed by atoms with E-state index in [9.17, 15) is 13.2 Å². The van der Waals surface area contributed by atoms with Crippen molar-refractivity contribution in [1.29, 1.82) is 0 Å². The van der Waals surface area contributed by atoms with Gasteiger partial charge < -0.3 is 5.32 Å². The second kappa shape index (κ2) is 7.01. The van der Waals surface area contributed by atoms with Crippen LogP contribution in [0.1, 0.15) is 20.5 Å². The number of nitrogens with zero attached hydrogens (tertiary/aromatic N) is 3. The minimum atomic E-state index is -3.36. The standard InChI is InChI=1S/C18H16N4O3S.3H2/c1-12-17(22-16(11-20-12)13-5-4-8-19-10-13)18(23)21-14-6-3-7-15(9-14)26(2,24)25;;;/h3-11H,1-2H3,(H,21,23);3*1H. The van der Waals surface area contributed by atoms with E-state index < -0.39 is 15.7 Å². The van der Waals surface area contributed by atoms with Gasteiger partial charge in [-0.1, -0.05) is 6.07 Å². The molecule has 0 bridgehead atoms. The second-order valence-corrected chi connectivity index (χ2v) is 7.70. The van der Waals surface area contributed by atoms with Gasteiger partial charge in [0.1, 0.15) is 5.69 Å². The highest BCUT2D eigenvalue weighted by atomic mass is 32.2. The van der Waals surface area contributed by atoms with Gasteiger partial charge in [-0.25, -0.2) is 13.4 Å². The number of nitrogens with one attached hydrogen (secondary N) is 1. The van der Waals surface area contributed by atoms with Gasteiger partial charge >= 0.3 is 0 Å². The zero-order chi connectivity index (χ0) is 18.7. The quantitative estimate of drug-likeness (QED) is 0.752. The molecule has 0 radical (unpaired) electrons. The number of hydrogen-bond donors (Lipinski definition) is 1. The monoisotopic (exact) mass is 374 g/mol. The normalized spacial score (nSPS) is 11.2. The van der Waals surface area contributed by atoms with Crippen LogP contribution in [0.4, 0.5) is 5.69 Å². The average Bonchev–Trinajstić information content (AvgIpc) is 2.62. The van der Waals surface area contributed by atoms with Crippen LogP contribution in [0.5, 0.6) is 0 Å². The molecule has 2 aromatic heterocycles. The van der Waals surface area contributed by atoms with Gasteiger partial charge in [0.05, 0.1) is 22.5 Å². The average molecular weight is 374 g/mol. The maximum absolute atomic E-state index is 12.6. The van der Waals surface area contributed by atoms with Crippen molar-refractivity contribution in [2.75, 3.05) is 11.6 Å². The highest BCUT2D eigenvalue weighted by Crippen LogP contribution is 2.19. The molecule has 0 spiro atoms. The molecular formula is C18H22N4O3S. The summed E-state index contributed by atoms with van der Waals surface area (Å²) in [7, 11) is -3.36. The number of benzene rings is 1. The van der Waals surface area contributed by atoms with E-state index in [1.54, 1.807) is 43.7 Å². The third-order valence-electron chi connectivity index (χ3n) is 3.65. The minimum Gasteiger partial charge on any atom is -0.321 e. The van der Waals surface area contributed by atoms with Gasteiger partial charge in [-0.05, 0) is 37.3 Å². The number of carbonyl (C=O) groups excluding carboxylic acids is 1. The molecule has 0 unspecified atom stereocenters. The Morgan fingerprint density at radius 1 is 1.15 bits per heavy atom. The maximum Gasteiger partial charge on any atom is 0.276 e. The highest BCUT2D eigenvalue weighted by molar-refractivity contribution is 7.90. The fourth-order valence-electron chi connectivity index (χ4n) is 2.31. The molecule has 0 fully saturated rings. The third-order valence-corrected chi connectivity index (χ3v) is 4.76. The molecule has 3 rings (SSSR count). The molecule has 3 aromatic rings. The van der Waals surface area contributed by atoms with Crippen molar-refractivity contribution in [2.45, 2.75) is 11.8 Å². The number of rotatable bonds is 4. The summed E-state index contributed by atoms with van der Waals surface area (Å²) < 4.78 is 23.3. The molecule has 0 saturated carbocycles. The van der Waals surface area contributed by atoms with Gasteiger partial charge in [0, 0.05) is 34.2 Å². The number of aromatic nitrogens is 3. The fraction of sp³-hybridized carbons (Fsp3) is 0.111. The number of aryl methyl sites for hydroxylation is 1. The smallest absolute Gasteiger partial charge is 0.276 e. The molecule has 7 nitrogen and oxygen atoms in total. The molecule has 138 valence electrons. The van der Waals surface area contributed by atoms with Crippen LogP contribution in [-0.4, -0.2) is 35.5 Å². The van der Waals surface area contributed by atoms with Crippen molar-refractivity contribution in [3.05, 3.63) is 66.4 Å². The lowest BCUT2D eigenvalue weighted by Gasteiger charge is -2.09. The first-order valence-corrected chi connectivity index (χ1v) is 9.59. The molecule has 0 aliphatic heterocycles. The second-order valence-electron chi connectivity index (χ2n) is 5.69. The first-order valence-electron chi connectivity index (χ1n) is 7.70. The zero-order valence-electron chi connectivity index (χ0n) is 14.2. The number of sulfone groups is 1. The van der Waals surface area contributed by atoms with Crippen molar-refractivity contribution < 1.29 is 17.5 Å². The summed E-state index contributed by atoms with van der Waals surface area (Å²) >= 11 is 0. The van der Waals surface area contributed by atoms with E-state index >= 15 is 0 Å². The Kier molecular flexibility index (Phi) is 4.77. The number of pyridine rings is 1. The first-order chi connectivity index (χ1) is 12.3. The van der Waals surface area contributed by atoms with Gasteiger partial charge in [-0.15, -0.1) is 0 Å². The van der Waals surface area contributed by atoms with E-state index in [4.69, 9.17) is 0 Å². The fourth-order valence-corrected chi connectivity index (χ4v) is 2.98. The zero-order valence-corrected chi connectivity index (χ0v) is 15.0. The molecule has 0 atom stereocenters. The van der Waals surface area contributed by atoms with Gasteiger partial charge in [0.2, 0.25) is 0 Å². The van der Waals surface area contributed by atoms with Crippen molar-refractivity contribution >= 4 is 21.4 Å². The lowest BCUT2D eigenvalue weighted by atomic mass is 10.2. The molecule has 1 amide bonds. The highest BCUT2D eigenvalue weighted by Gasteiger charge is 2.15. The van der Waals surface area contributed by atoms with Crippen LogP contribution in [0.2, 0.25) is 0 Å². The van der Waals surface area contributed by atoms with Crippen LogP contribution in [0.15, 0.2) is 59.9 Å². The molecule has 1 aromatic carbocycles. The van der Waals surface area contributed by atoms with Crippen LogP contribution in [0.3, 0.4) is 0 Å². The van der Waals surface area contributed by atoms with Crippen LogP contribution in [0, 0.1) is 6.92 Å². The number of carbonyl (C=O) groups is 1. The van der Waals surface area contributed by atoms with Crippen LogP contribution in [-0.2, 0) is 9.84 Å². The van der Waals surface area contributed by atoms with Crippen molar-refractivity contribution in [3.63, 3.8) is 0 Å². The third kappa shape index (κ3) is 3.92. The van der Waals surface area contributed by atoms with Crippen molar-refractivity contribution in [1.82, 2.24) is 15.0 Å². The van der Waals surface area contributed by atoms with Crippen molar-refractivity contribution in [2.24, 2.45) is 0 Å². The van der Waals surface area contributed by atoms with Crippen molar-refractivity contribution in [3.8, 4) is 11.3 Å². The SMILES string of the molecule is Cc1ncc(-c2cccnc2)nc1C(=O)Nc1cccc(S(C)(=O)=O)c1.[HH].[HH].[HH]. The Balaban J connectivity index is 0.00000261. The Labute approximate surface area is 155 Å². The van der Waals surface area contributed by atoms with E-state index in [0.717, 1.165) is 11.8 Å². The maximum atomic E-state index is 12.6. The topological polar surface area (TPSA) is 102 Å². The van der Waals surface area contributed by atoms with Gasteiger partial charge in [0.25, 0.3) is 5.91 Å². The Morgan fingerprint density at radius 2 is 1.96 bits per heavy atom. The number of hydrogen-bond acceptors (Lipinski definition) is 6. The first kappa shape index (κ1) is 17.7. The van der Waals surface area contributed by atoms with Crippen LogP contribution >= 0.6 is 0 Å². The summed E-state index contributed by atoms with van der Waals surface area (Å²) in [5, 5.41) is 2.67. The molecule has 8 heteroatoms. The molecule has 1 N–H and O–H groups in total. The van der Waals surface area contributed by atoms with E-state index in [0.29, 0.717) is 17.1 Å². The Hall–Kier alpha value is -3.13. The summed E-state index contributed by atoms with van der Waals surface area (Å²) in [5.74, 6) is -0.466. The molecule has 26 heavy (non-hydrogen) atoms. The van der Waals surface area contributed by atoms with Gasteiger partial charge in [-0.3, -0.25) is 14.8 Å². The lowest BCUT2D eigenvalue weighted by Crippen LogP contribution is -2.16. The summed E-state index contributed by atoms with van der Waals surface area (Å²) in [4.78, 5) is 25.4. The largest absolute Gasteiger partial charge is 0.321 e. The lowest BCUT2D eigenvalue weighted by molar-refractivity contribution is 0.102. The van der Waals surface area contributed by atoms with E-state index in [-0.39, 0.29) is 14.9 Å². The van der Waals surface area contributed by atoms with E-state index in [1.165, 1.54) is 12.1 Å². The van der Waals surface area contributed by atoms with Crippen LogP contribution < -0.4 is 5.32 Å². The van der Waals surface area contributed by atoms with Crippen LogP contribution in [0.25, 0.3) is 11.3 Å². The van der Waals surface area contributed by atoms with E-state index in [2.05, 4.69) is 20.3 Å². The number of amides is 1. The molecule has 2 heterocycles. The Morgan fingerprint density at radius 3 is 2.65 bits per heavy atom. The van der Waals surface area contributed by atoms with Gasteiger partial charge in [0.15, 0.2) is 9.84 Å². The Bertz CT molecular complexity index is 1080. The van der Waals surface area contributed by atoms with E-state index in [1.807, 2.05) is 6.07 Å². The summed E-state index contributed by atoms with van der Waals surface area (Å²) in [5.41, 5.74) is 2.27. The molecular weight excluding hydrogens is 352 g/mol. The summed E-state index contributed by atoms with van der Waals surface area (Å²) in [6, 6.07) is 9.65. The number of anilines is 1. The summed E-state index contributed by atoms with van der Waals surface area (Å²) in [6.07, 6.45) is 5.97. The summed E-state index contributed by atoms with van der Waals surface area (Å²) in [6.45, 7) is 1.68. The predicted octanol–water partition coefficient (Wildman–Crippen LogP) is 3.24. The molecule has 0 saturated heterocycles. The minimum absolute atomic E-state index is 0. The predicted molar refractivity (Wildman–Crippen MR) is 104 cm³/mol. The molecule has 0 aliphatic rings. The van der Waals surface area contributed by atoms with Gasteiger partial charge in [-0.2, -0.15) is 0 Å².